The van der Waals surface area contributed by atoms with Crippen LogP contribution in [0.3, 0.4) is 0 Å². The van der Waals surface area contributed by atoms with Gasteiger partial charge in [0.2, 0.25) is 0 Å². The van der Waals surface area contributed by atoms with Gasteiger partial charge in [0.25, 0.3) is 0 Å². The molecular weight excluding hydrogens is 190 g/mol. The summed E-state index contributed by atoms with van der Waals surface area (Å²) in [6, 6.07) is 0.120. The van der Waals surface area contributed by atoms with E-state index in [1.54, 1.807) is 0 Å². The number of hydrogen-bond donors (Lipinski definition) is 2. The summed E-state index contributed by atoms with van der Waals surface area (Å²) in [5, 5.41) is 14.4. The summed E-state index contributed by atoms with van der Waals surface area (Å²) >= 11 is 0. The van der Waals surface area contributed by atoms with Crippen LogP contribution in [0.25, 0.3) is 0 Å². The van der Waals surface area contributed by atoms with Crippen molar-refractivity contribution in [2.75, 3.05) is 5.73 Å². The maximum absolute atomic E-state index is 9.95. The van der Waals surface area contributed by atoms with Crippen LogP contribution < -0.4 is 5.73 Å². The highest BCUT2D eigenvalue weighted by Gasteiger charge is 2.27. The van der Waals surface area contributed by atoms with E-state index in [1.807, 2.05) is 18.5 Å². The Labute approximate surface area is 90.1 Å². The third-order valence-corrected chi connectivity index (χ3v) is 3.39. The zero-order chi connectivity index (χ0) is 11.0. The van der Waals surface area contributed by atoms with Crippen molar-refractivity contribution in [1.29, 1.82) is 0 Å². The number of nitrogen functional groups attached to an aromatic ring is 1. The number of aliphatic hydroxyl groups excluding tert-OH is 1. The maximum Gasteiger partial charge on any atom is 0.0826 e. The number of aromatic nitrogens is 2. The van der Waals surface area contributed by atoms with Crippen LogP contribution in [0.1, 0.15) is 43.1 Å². The summed E-state index contributed by atoms with van der Waals surface area (Å²) in [4.78, 5) is 0. The number of anilines is 1. The minimum atomic E-state index is -0.267. The molecule has 0 bridgehead atoms. The molecule has 1 aliphatic carbocycles. The van der Waals surface area contributed by atoms with Gasteiger partial charge in [-0.1, -0.05) is 12.8 Å². The van der Waals surface area contributed by atoms with Crippen molar-refractivity contribution in [2.45, 2.75) is 51.7 Å². The fourth-order valence-corrected chi connectivity index (χ4v) is 2.38. The number of aliphatic hydroxyl groups is 1. The van der Waals surface area contributed by atoms with Gasteiger partial charge in [-0.3, -0.25) is 4.68 Å². The molecule has 1 saturated carbocycles. The van der Waals surface area contributed by atoms with E-state index < -0.39 is 0 Å². The third-order valence-electron chi connectivity index (χ3n) is 3.39. The second-order valence-electron chi connectivity index (χ2n) is 4.45. The minimum absolute atomic E-state index is 0.120. The van der Waals surface area contributed by atoms with E-state index in [4.69, 9.17) is 5.73 Å². The monoisotopic (exact) mass is 209 g/mol. The topological polar surface area (TPSA) is 64.1 Å². The van der Waals surface area contributed by atoms with Gasteiger partial charge in [0, 0.05) is 0 Å². The molecule has 15 heavy (non-hydrogen) atoms. The third kappa shape index (κ3) is 1.74. The molecule has 0 spiro atoms. The van der Waals surface area contributed by atoms with Crippen LogP contribution >= 0.6 is 0 Å². The Kier molecular flexibility index (Phi) is 2.69. The highest BCUT2D eigenvalue weighted by Crippen LogP contribution is 2.31. The SMILES string of the molecule is Cc1nn(C2CCCCC2O)c(C)c1N. The summed E-state index contributed by atoms with van der Waals surface area (Å²) in [5.41, 5.74) is 8.50. The average Bonchev–Trinajstić information content (AvgIpc) is 2.47. The molecule has 0 amide bonds. The van der Waals surface area contributed by atoms with E-state index in [0.29, 0.717) is 0 Å². The van der Waals surface area contributed by atoms with Crippen molar-refractivity contribution in [3.8, 4) is 0 Å². The lowest BCUT2D eigenvalue weighted by molar-refractivity contribution is 0.0683. The van der Waals surface area contributed by atoms with E-state index in [-0.39, 0.29) is 12.1 Å². The molecule has 4 heteroatoms. The van der Waals surface area contributed by atoms with Crippen molar-refractivity contribution < 1.29 is 5.11 Å². The lowest BCUT2D eigenvalue weighted by Gasteiger charge is -2.28. The zero-order valence-electron chi connectivity index (χ0n) is 9.40. The number of nitrogens with zero attached hydrogens (tertiary/aromatic N) is 2. The zero-order valence-corrected chi connectivity index (χ0v) is 9.40. The van der Waals surface area contributed by atoms with Gasteiger partial charge < -0.3 is 10.8 Å². The first-order valence-electron chi connectivity index (χ1n) is 5.60. The van der Waals surface area contributed by atoms with Gasteiger partial charge >= 0.3 is 0 Å². The second-order valence-corrected chi connectivity index (χ2v) is 4.45. The largest absolute Gasteiger partial charge is 0.396 e. The van der Waals surface area contributed by atoms with Crippen molar-refractivity contribution in [3.63, 3.8) is 0 Å². The van der Waals surface area contributed by atoms with Crippen molar-refractivity contribution >= 4 is 5.69 Å². The van der Waals surface area contributed by atoms with Crippen LogP contribution in [0, 0.1) is 13.8 Å². The molecule has 0 radical (unpaired) electrons. The van der Waals surface area contributed by atoms with E-state index in [0.717, 1.165) is 36.3 Å². The second kappa shape index (κ2) is 3.85. The highest BCUT2D eigenvalue weighted by atomic mass is 16.3. The van der Waals surface area contributed by atoms with Gasteiger partial charge in [-0.15, -0.1) is 0 Å². The molecule has 0 saturated heterocycles. The smallest absolute Gasteiger partial charge is 0.0826 e. The normalized spacial score (nSPS) is 26.9. The number of aryl methyl sites for hydroxylation is 1. The summed E-state index contributed by atoms with van der Waals surface area (Å²) in [6.45, 7) is 3.88. The van der Waals surface area contributed by atoms with Crippen molar-refractivity contribution in [2.24, 2.45) is 0 Å². The Morgan fingerprint density at radius 2 is 2.00 bits per heavy atom. The first kappa shape index (κ1) is 10.5. The first-order valence-corrected chi connectivity index (χ1v) is 5.60. The van der Waals surface area contributed by atoms with E-state index in [9.17, 15) is 5.11 Å². The first-order chi connectivity index (χ1) is 7.11. The number of hydrogen-bond acceptors (Lipinski definition) is 3. The number of nitrogens with two attached hydrogens (primary N) is 1. The summed E-state index contributed by atoms with van der Waals surface area (Å²) in [6.07, 6.45) is 3.90. The Balaban J connectivity index is 2.31. The molecule has 1 heterocycles. The lowest BCUT2D eigenvalue weighted by atomic mass is 9.92. The molecule has 1 fully saturated rings. The van der Waals surface area contributed by atoms with Gasteiger partial charge in [-0.05, 0) is 26.7 Å². The Bertz CT molecular complexity index is 359. The standard InChI is InChI=1S/C11H19N3O/c1-7-11(12)8(2)14(13-7)9-5-3-4-6-10(9)15/h9-10,15H,3-6,12H2,1-2H3. The molecule has 1 aromatic heterocycles. The van der Waals surface area contributed by atoms with Crippen LogP contribution in [-0.2, 0) is 0 Å². The fraction of sp³-hybridized carbons (Fsp3) is 0.727. The van der Waals surface area contributed by atoms with Crippen LogP contribution in [0.4, 0.5) is 5.69 Å². The minimum Gasteiger partial charge on any atom is -0.396 e. The summed E-state index contributed by atoms with van der Waals surface area (Å²) < 4.78 is 1.91. The Hall–Kier alpha value is -1.03. The molecule has 0 aliphatic heterocycles. The molecular formula is C11H19N3O. The quantitative estimate of drug-likeness (QED) is 0.737. The Morgan fingerprint density at radius 3 is 2.53 bits per heavy atom. The predicted molar refractivity (Wildman–Crippen MR) is 59.6 cm³/mol. The van der Waals surface area contributed by atoms with Crippen molar-refractivity contribution in [1.82, 2.24) is 9.78 Å². The van der Waals surface area contributed by atoms with Crippen LogP contribution in [0.15, 0.2) is 0 Å². The van der Waals surface area contributed by atoms with Gasteiger partial charge in [0.15, 0.2) is 0 Å². The lowest BCUT2D eigenvalue weighted by Crippen LogP contribution is -2.29. The van der Waals surface area contributed by atoms with E-state index in [1.165, 1.54) is 6.42 Å². The molecule has 4 nitrogen and oxygen atoms in total. The molecule has 84 valence electrons. The van der Waals surface area contributed by atoms with E-state index >= 15 is 0 Å². The molecule has 2 unspecified atom stereocenters. The maximum atomic E-state index is 9.95. The van der Waals surface area contributed by atoms with Gasteiger partial charge in [0.1, 0.15) is 0 Å². The van der Waals surface area contributed by atoms with Gasteiger partial charge in [-0.25, -0.2) is 0 Å². The average molecular weight is 209 g/mol. The van der Waals surface area contributed by atoms with Crippen LogP contribution in [-0.4, -0.2) is 21.0 Å². The van der Waals surface area contributed by atoms with Crippen LogP contribution in [0.5, 0.6) is 0 Å². The molecule has 1 aromatic rings. The van der Waals surface area contributed by atoms with Crippen LogP contribution in [0.2, 0.25) is 0 Å². The highest BCUT2D eigenvalue weighted by molar-refractivity contribution is 5.47. The van der Waals surface area contributed by atoms with Gasteiger partial charge in [-0.2, -0.15) is 5.10 Å². The molecule has 1 aliphatic rings. The van der Waals surface area contributed by atoms with Crippen molar-refractivity contribution in [3.05, 3.63) is 11.4 Å². The molecule has 3 N–H and O–H groups in total. The number of rotatable bonds is 1. The predicted octanol–water partition coefficient (Wildman–Crippen LogP) is 1.56. The van der Waals surface area contributed by atoms with E-state index in [2.05, 4.69) is 5.10 Å². The molecule has 0 aromatic carbocycles. The summed E-state index contributed by atoms with van der Waals surface area (Å²) in [7, 11) is 0. The molecule has 2 rings (SSSR count). The van der Waals surface area contributed by atoms with Gasteiger partial charge in [0.05, 0.1) is 29.2 Å². The molecule has 2 atom stereocenters. The fourth-order valence-electron chi connectivity index (χ4n) is 2.38. The Morgan fingerprint density at radius 1 is 1.33 bits per heavy atom. The summed E-state index contributed by atoms with van der Waals surface area (Å²) in [5.74, 6) is 0.